The zero-order valence-electron chi connectivity index (χ0n) is 17.2. The van der Waals surface area contributed by atoms with Crippen LogP contribution in [0.4, 0.5) is 15.8 Å². The number of nitrogens with zero attached hydrogens (tertiary/aromatic N) is 1. The molecule has 1 unspecified atom stereocenters. The van der Waals surface area contributed by atoms with Crippen molar-refractivity contribution in [3.63, 3.8) is 0 Å². The Bertz CT molecular complexity index is 988. The van der Waals surface area contributed by atoms with Gasteiger partial charge in [-0.15, -0.1) is 0 Å². The molecule has 4 heteroatoms. The molecule has 2 aliphatic rings. The lowest BCUT2D eigenvalue weighted by Gasteiger charge is -2.22. The number of benzene rings is 2. The van der Waals surface area contributed by atoms with E-state index in [9.17, 15) is 4.39 Å². The minimum atomic E-state index is -0.183. The van der Waals surface area contributed by atoms with E-state index in [1.54, 1.807) is 6.07 Å². The number of anilines is 2. The number of hydrogen-bond donors (Lipinski definition) is 2. The van der Waals surface area contributed by atoms with Crippen LogP contribution in [0.15, 0.2) is 72.7 Å². The fourth-order valence-corrected chi connectivity index (χ4v) is 4.37. The first-order valence-electron chi connectivity index (χ1n) is 10.2. The summed E-state index contributed by atoms with van der Waals surface area (Å²) in [4.78, 5) is 2.27. The smallest absolute Gasteiger partial charge is 0.123 e. The van der Waals surface area contributed by atoms with Crippen molar-refractivity contribution in [2.75, 3.05) is 16.8 Å². The molecule has 1 heterocycles. The van der Waals surface area contributed by atoms with E-state index < -0.39 is 0 Å². The second kappa shape index (κ2) is 7.78. The molecule has 1 atom stereocenters. The van der Waals surface area contributed by atoms with Crippen LogP contribution < -0.4 is 15.5 Å². The third-order valence-corrected chi connectivity index (χ3v) is 5.95. The van der Waals surface area contributed by atoms with Crippen molar-refractivity contribution in [2.45, 2.75) is 39.2 Å². The van der Waals surface area contributed by atoms with Crippen LogP contribution in [0.25, 0.3) is 5.57 Å². The highest BCUT2D eigenvalue weighted by Crippen LogP contribution is 2.34. The number of hydrogen-bond acceptors (Lipinski definition) is 3. The van der Waals surface area contributed by atoms with Crippen molar-refractivity contribution >= 4 is 16.9 Å². The van der Waals surface area contributed by atoms with Crippen molar-refractivity contribution in [1.82, 2.24) is 5.32 Å². The van der Waals surface area contributed by atoms with Gasteiger partial charge in [-0.2, -0.15) is 0 Å². The molecule has 2 aromatic carbocycles. The molecule has 2 N–H and O–H groups in total. The van der Waals surface area contributed by atoms with Gasteiger partial charge >= 0.3 is 0 Å². The summed E-state index contributed by atoms with van der Waals surface area (Å²) in [6.07, 6.45) is 3.09. The molecule has 1 aliphatic heterocycles. The van der Waals surface area contributed by atoms with E-state index in [0.29, 0.717) is 0 Å². The molecular formula is C25H28FN3. The second-order valence-corrected chi connectivity index (χ2v) is 7.97. The lowest BCUT2D eigenvalue weighted by molar-refractivity contribution is 0.627. The summed E-state index contributed by atoms with van der Waals surface area (Å²) in [6.45, 7) is 13.5. The predicted molar refractivity (Wildman–Crippen MR) is 120 cm³/mol. The molecule has 1 saturated heterocycles. The zero-order chi connectivity index (χ0) is 20.5. The molecule has 1 aliphatic carbocycles. The van der Waals surface area contributed by atoms with Gasteiger partial charge < -0.3 is 15.5 Å². The summed E-state index contributed by atoms with van der Waals surface area (Å²) >= 11 is 0. The van der Waals surface area contributed by atoms with Crippen LogP contribution in [-0.2, 0) is 6.42 Å². The summed E-state index contributed by atoms with van der Waals surface area (Å²) in [5.74, 6) is 0.565. The van der Waals surface area contributed by atoms with Crippen molar-refractivity contribution in [2.24, 2.45) is 0 Å². The Kier molecular flexibility index (Phi) is 5.18. The Morgan fingerprint density at radius 3 is 2.62 bits per heavy atom. The summed E-state index contributed by atoms with van der Waals surface area (Å²) in [7, 11) is 0. The normalized spacial score (nSPS) is 16.8. The highest BCUT2D eigenvalue weighted by atomic mass is 19.1. The van der Waals surface area contributed by atoms with Gasteiger partial charge in [-0.1, -0.05) is 19.2 Å². The molecule has 29 heavy (non-hydrogen) atoms. The number of allylic oxidation sites excluding steroid dienone is 2. The molecule has 0 spiro atoms. The maximum atomic E-state index is 13.6. The van der Waals surface area contributed by atoms with Gasteiger partial charge in [-0.3, -0.25) is 0 Å². The second-order valence-electron chi connectivity index (χ2n) is 7.97. The third kappa shape index (κ3) is 3.93. The maximum absolute atomic E-state index is 13.6. The average molecular weight is 390 g/mol. The minimum absolute atomic E-state index is 0.109. The van der Waals surface area contributed by atoms with Crippen molar-refractivity contribution in [3.05, 3.63) is 89.7 Å². The van der Waals surface area contributed by atoms with E-state index in [1.807, 2.05) is 6.07 Å². The van der Waals surface area contributed by atoms with Gasteiger partial charge in [0.25, 0.3) is 0 Å². The number of fused-ring (bicyclic) bond motifs is 1. The van der Waals surface area contributed by atoms with E-state index >= 15 is 0 Å². The van der Waals surface area contributed by atoms with Crippen LogP contribution in [0, 0.1) is 5.82 Å². The Morgan fingerprint density at radius 1 is 1.17 bits per heavy atom. The van der Waals surface area contributed by atoms with Gasteiger partial charge in [-0.05, 0) is 91.8 Å². The summed E-state index contributed by atoms with van der Waals surface area (Å²) < 4.78 is 13.6. The largest absolute Gasteiger partial charge is 0.366 e. The highest BCUT2D eigenvalue weighted by Gasteiger charge is 2.23. The van der Waals surface area contributed by atoms with E-state index in [2.05, 4.69) is 66.8 Å². The molecule has 0 bridgehead atoms. The fourth-order valence-electron chi connectivity index (χ4n) is 4.37. The molecule has 0 amide bonds. The quantitative estimate of drug-likeness (QED) is 0.651. The van der Waals surface area contributed by atoms with Gasteiger partial charge in [-0.25, -0.2) is 4.39 Å². The van der Waals surface area contributed by atoms with E-state index in [0.717, 1.165) is 42.0 Å². The first-order valence-corrected chi connectivity index (χ1v) is 10.2. The van der Waals surface area contributed by atoms with Crippen molar-refractivity contribution in [1.29, 1.82) is 0 Å². The zero-order valence-corrected chi connectivity index (χ0v) is 17.2. The molecule has 0 aromatic heterocycles. The van der Waals surface area contributed by atoms with Crippen molar-refractivity contribution in [3.8, 4) is 0 Å². The first kappa shape index (κ1) is 19.3. The van der Waals surface area contributed by atoms with Crippen molar-refractivity contribution < 1.29 is 4.39 Å². The van der Waals surface area contributed by atoms with Gasteiger partial charge in [0.2, 0.25) is 0 Å². The van der Waals surface area contributed by atoms with E-state index in [-0.39, 0.29) is 11.9 Å². The predicted octanol–water partition coefficient (Wildman–Crippen LogP) is 5.83. The van der Waals surface area contributed by atoms with Crippen LogP contribution in [-0.4, -0.2) is 12.6 Å². The summed E-state index contributed by atoms with van der Waals surface area (Å²) in [5.41, 5.74) is 8.00. The summed E-state index contributed by atoms with van der Waals surface area (Å²) in [6, 6.07) is 13.5. The van der Waals surface area contributed by atoms with Gasteiger partial charge in [0, 0.05) is 29.7 Å². The molecule has 2 aromatic rings. The topological polar surface area (TPSA) is 27.3 Å². The van der Waals surface area contributed by atoms with Gasteiger partial charge in [0.1, 0.15) is 5.82 Å². The monoisotopic (exact) mass is 389 g/mol. The van der Waals surface area contributed by atoms with Crippen LogP contribution >= 0.6 is 0 Å². The van der Waals surface area contributed by atoms with Gasteiger partial charge in [0.15, 0.2) is 0 Å². The molecule has 4 rings (SSSR count). The Hall–Kier alpha value is -3.01. The lowest BCUT2D eigenvalue weighted by atomic mass is 10.0. The highest BCUT2D eigenvalue weighted by molar-refractivity contribution is 5.76. The molecule has 3 nitrogen and oxygen atoms in total. The molecule has 0 saturated carbocycles. The maximum Gasteiger partial charge on any atom is 0.123 e. The van der Waals surface area contributed by atoms with Gasteiger partial charge in [0.05, 0.1) is 5.82 Å². The lowest BCUT2D eigenvalue weighted by Crippen LogP contribution is -2.30. The Morgan fingerprint density at radius 2 is 1.93 bits per heavy atom. The standard InChI is InChI=1S/C25H28FN3/c1-16-6-5-13-29(16)23-11-9-22(10-12-23)28-19(4)27-18(3)24-14-20-7-8-21(26)15-25(20)17(24)2/h7-12,15,18,27-28H,1,4-6,13-14H2,2-3H3. The van der Waals surface area contributed by atoms with Crippen LogP contribution in [0.3, 0.4) is 0 Å². The van der Waals surface area contributed by atoms with E-state index in [4.69, 9.17) is 0 Å². The fraction of sp³-hybridized carbons (Fsp3) is 0.280. The van der Waals surface area contributed by atoms with Crippen LogP contribution in [0.1, 0.15) is 37.8 Å². The SMILES string of the molecule is C=C(Nc1ccc(N2CCCC2=C)cc1)NC(C)C1=C(C)c2cc(F)ccc2C1. The number of rotatable bonds is 6. The number of halogens is 1. The van der Waals surface area contributed by atoms with Crippen LogP contribution in [0.5, 0.6) is 0 Å². The van der Waals surface area contributed by atoms with E-state index in [1.165, 1.54) is 35.0 Å². The minimum Gasteiger partial charge on any atom is -0.366 e. The summed E-state index contributed by atoms with van der Waals surface area (Å²) in [5, 5.41) is 6.79. The molecule has 150 valence electrons. The van der Waals surface area contributed by atoms with Crippen LogP contribution in [0.2, 0.25) is 0 Å². The molecule has 0 radical (unpaired) electrons. The average Bonchev–Trinajstić information content (AvgIpc) is 3.26. The Labute approximate surface area is 172 Å². The third-order valence-electron chi connectivity index (χ3n) is 5.95. The first-order chi connectivity index (χ1) is 13.9. The Balaban J connectivity index is 1.38. The number of nitrogens with one attached hydrogen (secondary N) is 2. The molecular weight excluding hydrogens is 361 g/mol. The molecule has 1 fully saturated rings.